The number of morpholine rings is 1. The number of amides is 1. The van der Waals surface area contributed by atoms with Crippen molar-refractivity contribution in [2.75, 3.05) is 36.9 Å². The van der Waals surface area contributed by atoms with E-state index in [1.165, 1.54) is 6.07 Å². The molecule has 0 aliphatic carbocycles. The van der Waals surface area contributed by atoms with Crippen LogP contribution in [0.15, 0.2) is 28.9 Å². The molecule has 1 amide bonds. The second-order valence-electron chi connectivity index (χ2n) is 7.78. The normalized spacial score (nSPS) is 21.4. The van der Waals surface area contributed by atoms with Gasteiger partial charge in [-0.05, 0) is 31.0 Å². The fourth-order valence-electron chi connectivity index (χ4n) is 4.49. The molecule has 2 aromatic heterocycles. The van der Waals surface area contributed by atoms with Gasteiger partial charge in [-0.15, -0.1) is 0 Å². The van der Waals surface area contributed by atoms with Crippen molar-refractivity contribution < 1.29 is 18.3 Å². The first kappa shape index (κ1) is 20.0. The predicted octanol–water partition coefficient (Wildman–Crippen LogP) is 2.95. The summed E-state index contributed by atoms with van der Waals surface area (Å²) in [7, 11) is 0. The number of oxazole rings is 1. The Morgan fingerprint density at radius 3 is 3.00 bits per heavy atom. The van der Waals surface area contributed by atoms with Crippen molar-refractivity contribution in [3.8, 4) is 0 Å². The molecular weight excluding hydrogens is 425 g/mol. The number of hydrogen-bond acceptors (Lipinski definition) is 7. The molecule has 0 unspecified atom stereocenters. The molecule has 0 spiro atoms. The number of nitrogens with zero attached hydrogens (tertiary/aromatic N) is 4. The number of halogens is 2. The molecule has 162 valence electrons. The largest absolute Gasteiger partial charge is 0.421 e. The zero-order chi connectivity index (χ0) is 21.7. The standard InChI is InChI=1S/C21H21ClFN5O3/c1-11-18-12(6-13(22)7-14(18)23)2-3-28(11)20(29)17-10-27(4-5-30-17)16-9-25-8-15-19(16)31-21(24)26-15/h6-9,11,17H,2-5,10H2,1H3,(H2,24,26)/t11-,17-/m1/s1. The van der Waals surface area contributed by atoms with Gasteiger partial charge >= 0.3 is 0 Å². The van der Waals surface area contributed by atoms with Gasteiger partial charge in [0.15, 0.2) is 11.7 Å². The molecule has 0 bridgehead atoms. The van der Waals surface area contributed by atoms with Crippen LogP contribution in [0, 0.1) is 5.82 Å². The van der Waals surface area contributed by atoms with E-state index in [0.717, 1.165) is 5.56 Å². The second kappa shape index (κ2) is 7.65. The summed E-state index contributed by atoms with van der Waals surface area (Å²) in [5, 5.41) is 0.366. The minimum absolute atomic E-state index is 0.0630. The molecule has 2 atom stereocenters. The quantitative estimate of drug-likeness (QED) is 0.647. The lowest BCUT2D eigenvalue weighted by Crippen LogP contribution is -2.53. The van der Waals surface area contributed by atoms with Crippen LogP contribution in [0.3, 0.4) is 0 Å². The number of carbonyl (C=O) groups is 1. The van der Waals surface area contributed by atoms with Gasteiger partial charge in [-0.1, -0.05) is 11.6 Å². The van der Waals surface area contributed by atoms with E-state index < -0.39 is 12.1 Å². The summed E-state index contributed by atoms with van der Waals surface area (Å²) in [6.07, 6.45) is 3.09. The lowest BCUT2D eigenvalue weighted by molar-refractivity contribution is -0.147. The van der Waals surface area contributed by atoms with Crippen LogP contribution >= 0.6 is 11.6 Å². The van der Waals surface area contributed by atoms with Gasteiger partial charge in [-0.3, -0.25) is 9.78 Å². The van der Waals surface area contributed by atoms with E-state index in [-0.39, 0.29) is 17.7 Å². The fourth-order valence-corrected chi connectivity index (χ4v) is 4.72. The molecule has 3 aromatic rings. The van der Waals surface area contributed by atoms with Crippen LogP contribution in [-0.4, -0.2) is 53.1 Å². The maximum atomic E-state index is 14.6. The Kier molecular flexibility index (Phi) is 4.94. The molecule has 1 fully saturated rings. The molecule has 2 aliphatic heterocycles. The molecule has 2 N–H and O–H groups in total. The number of aromatic nitrogens is 2. The second-order valence-corrected chi connectivity index (χ2v) is 8.22. The van der Waals surface area contributed by atoms with Crippen molar-refractivity contribution in [3.05, 3.63) is 46.5 Å². The highest BCUT2D eigenvalue weighted by molar-refractivity contribution is 6.30. The first-order chi connectivity index (χ1) is 14.9. The zero-order valence-electron chi connectivity index (χ0n) is 16.8. The Balaban J connectivity index is 1.38. The lowest BCUT2D eigenvalue weighted by Gasteiger charge is -2.40. The van der Waals surface area contributed by atoms with Gasteiger partial charge in [0.1, 0.15) is 17.0 Å². The van der Waals surface area contributed by atoms with E-state index in [1.807, 2.05) is 11.8 Å². The average Bonchev–Trinajstić information content (AvgIpc) is 3.13. The van der Waals surface area contributed by atoms with E-state index in [4.69, 9.17) is 26.5 Å². The van der Waals surface area contributed by atoms with Gasteiger partial charge in [-0.2, -0.15) is 4.98 Å². The van der Waals surface area contributed by atoms with Gasteiger partial charge in [-0.25, -0.2) is 4.39 Å². The molecule has 0 radical (unpaired) electrons. The number of hydrogen-bond donors (Lipinski definition) is 1. The van der Waals surface area contributed by atoms with Crippen LogP contribution in [0.1, 0.15) is 24.1 Å². The number of carbonyl (C=O) groups excluding carboxylic acids is 1. The third kappa shape index (κ3) is 3.47. The Morgan fingerprint density at radius 2 is 2.16 bits per heavy atom. The molecule has 2 aliphatic rings. The van der Waals surface area contributed by atoms with Gasteiger partial charge in [0, 0.05) is 23.7 Å². The van der Waals surface area contributed by atoms with Crippen LogP contribution in [0.2, 0.25) is 5.02 Å². The number of anilines is 2. The highest BCUT2D eigenvalue weighted by atomic mass is 35.5. The minimum atomic E-state index is -0.691. The van der Waals surface area contributed by atoms with Crippen LogP contribution in [0.5, 0.6) is 0 Å². The Labute approximate surface area is 182 Å². The third-order valence-electron chi connectivity index (χ3n) is 5.95. The molecule has 10 heteroatoms. The first-order valence-electron chi connectivity index (χ1n) is 10.1. The summed E-state index contributed by atoms with van der Waals surface area (Å²) in [6, 6.07) is 2.72. The number of ether oxygens (including phenoxy) is 1. The summed E-state index contributed by atoms with van der Waals surface area (Å²) >= 11 is 6.00. The Hall–Kier alpha value is -2.91. The summed E-state index contributed by atoms with van der Waals surface area (Å²) < 4.78 is 25.9. The van der Waals surface area contributed by atoms with Crippen molar-refractivity contribution in [2.24, 2.45) is 0 Å². The van der Waals surface area contributed by atoms with E-state index >= 15 is 0 Å². The first-order valence-corrected chi connectivity index (χ1v) is 10.4. The average molecular weight is 446 g/mol. The van der Waals surface area contributed by atoms with Crippen LogP contribution in [0.4, 0.5) is 16.1 Å². The van der Waals surface area contributed by atoms with E-state index in [9.17, 15) is 9.18 Å². The number of benzene rings is 1. The van der Waals surface area contributed by atoms with Gasteiger partial charge in [0.05, 0.1) is 31.6 Å². The Morgan fingerprint density at radius 1 is 1.32 bits per heavy atom. The SMILES string of the molecule is C[C@@H]1c2c(F)cc(Cl)cc2CCN1C(=O)[C@H]1CN(c2cncc3nc(N)oc23)CCO1. The fraction of sp³-hybridized carbons (Fsp3) is 0.381. The molecule has 8 nitrogen and oxygen atoms in total. The Bertz CT molecular complexity index is 1170. The van der Waals surface area contributed by atoms with Crippen molar-refractivity contribution in [2.45, 2.75) is 25.5 Å². The minimum Gasteiger partial charge on any atom is -0.421 e. The smallest absolute Gasteiger partial charge is 0.293 e. The van der Waals surface area contributed by atoms with Crippen molar-refractivity contribution in [1.82, 2.24) is 14.9 Å². The molecule has 1 aromatic carbocycles. The summed E-state index contributed by atoms with van der Waals surface area (Å²) in [4.78, 5) is 25.3. The van der Waals surface area contributed by atoms with E-state index in [1.54, 1.807) is 23.4 Å². The number of pyridine rings is 1. The summed E-state index contributed by atoms with van der Waals surface area (Å²) in [5.74, 6) is -0.561. The zero-order valence-corrected chi connectivity index (χ0v) is 17.6. The number of fused-ring (bicyclic) bond motifs is 2. The van der Waals surface area contributed by atoms with E-state index in [2.05, 4.69) is 9.97 Å². The number of nitrogen functional groups attached to an aromatic ring is 1. The van der Waals surface area contributed by atoms with Gasteiger partial charge in [0.2, 0.25) is 0 Å². The summed E-state index contributed by atoms with van der Waals surface area (Å²) in [6.45, 7) is 3.55. The van der Waals surface area contributed by atoms with Crippen molar-refractivity contribution in [3.63, 3.8) is 0 Å². The van der Waals surface area contributed by atoms with Gasteiger partial charge < -0.3 is 24.7 Å². The third-order valence-corrected chi connectivity index (χ3v) is 6.17. The van der Waals surface area contributed by atoms with Crippen LogP contribution in [0.25, 0.3) is 11.1 Å². The predicted molar refractivity (Wildman–Crippen MR) is 113 cm³/mol. The van der Waals surface area contributed by atoms with Crippen molar-refractivity contribution >= 4 is 40.3 Å². The van der Waals surface area contributed by atoms with E-state index in [0.29, 0.717) is 60.0 Å². The number of rotatable bonds is 2. The summed E-state index contributed by atoms with van der Waals surface area (Å²) in [5.41, 5.74) is 8.84. The highest BCUT2D eigenvalue weighted by Gasteiger charge is 2.37. The molecule has 31 heavy (non-hydrogen) atoms. The topological polar surface area (TPSA) is 97.7 Å². The lowest BCUT2D eigenvalue weighted by atomic mass is 9.92. The van der Waals surface area contributed by atoms with Crippen LogP contribution in [-0.2, 0) is 16.0 Å². The van der Waals surface area contributed by atoms with Crippen LogP contribution < -0.4 is 10.6 Å². The maximum absolute atomic E-state index is 14.6. The molecule has 4 heterocycles. The number of nitrogens with two attached hydrogens (primary N) is 1. The molecular formula is C21H21ClFN5O3. The monoisotopic (exact) mass is 445 g/mol. The molecule has 5 rings (SSSR count). The van der Waals surface area contributed by atoms with Crippen molar-refractivity contribution in [1.29, 1.82) is 0 Å². The maximum Gasteiger partial charge on any atom is 0.293 e. The highest BCUT2D eigenvalue weighted by Crippen LogP contribution is 2.35. The molecule has 0 saturated carbocycles. The molecule has 1 saturated heterocycles. The van der Waals surface area contributed by atoms with Gasteiger partial charge in [0.25, 0.3) is 11.9 Å².